The number of likely N-dealkylation sites (tertiary alicyclic amines) is 3. The Balaban J connectivity index is 0.643. The molecule has 0 bridgehead atoms. The number of carbonyl (C=O) groups excluding carboxylic acids is 8. The van der Waals surface area contributed by atoms with Crippen molar-refractivity contribution in [3.8, 4) is 11.3 Å². The average molecular weight is 1210 g/mol. The number of rotatable bonds is 16. The smallest absolute Gasteiger partial charge is 0.264 e. The van der Waals surface area contributed by atoms with Gasteiger partial charge in [-0.3, -0.25) is 53.5 Å². The van der Waals surface area contributed by atoms with E-state index in [0.29, 0.717) is 91.0 Å². The van der Waals surface area contributed by atoms with Crippen molar-refractivity contribution in [3.05, 3.63) is 94.6 Å². The number of amides is 8. The molecule has 3 aromatic carbocycles. The molecule has 5 aromatic rings. The van der Waals surface area contributed by atoms with Crippen LogP contribution < -0.4 is 31.5 Å². The summed E-state index contributed by atoms with van der Waals surface area (Å²) in [4.78, 5) is 127. The van der Waals surface area contributed by atoms with Gasteiger partial charge in [-0.15, -0.1) is 0 Å². The van der Waals surface area contributed by atoms with Gasteiger partial charge in [0.2, 0.25) is 29.5 Å². The van der Waals surface area contributed by atoms with Crippen LogP contribution in [0.2, 0.25) is 0 Å². The van der Waals surface area contributed by atoms with Crippen molar-refractivity contribution in [1.82, 2.24) is 50.1 Å². The summed E-state index contributed by atoms with van der Waals surface area (Å²) in [5.41, 5.74) is 5.62. The summed E-state index contributed by atoms with van der Waals surface area (Å²) < 4.78 is 18.0. The van der Waals surface area contributed by atoms with Crippen LogP contribution in [-0.2, 0) is 29.4 Å². The molecule has 6 aliphatic heterocycles. The molecule has 2 spiro atoms. The van der Waals surface area contributed by atoms with E-state index in [2.05, 4.69) is 53.4 Å². The number of carbonyl (C=O) groups is 8. The molecule has 2 saturated carbocycles. The fourth-order valence-electron chi connectivity index (χ4n) is 15.5. The maximum atomic E-state index is 16.0. The SMILES string of the molecule is Cc1cc(F)c(Nc2nc(-c3ccc4c(c3)N([C@H]3C[C@@H](N5CCCCC5)C3)C(=O)C43CCN(C(=O)CN4CCC5(CC4)CC(C(=O)NCCNc4cccc6c4C(=O)N(C4CCC(=O)NC4=O)C6=O)C5)CC3)cc3ncn(C(C)C)c23)cc1C(=O)NC(C)C. The van der Waals surface area contributed by atoms with Crippen LogP contribution in [0, 0.1) is 24.1 Å². The van der Waals surface area contributed by atoms with Crippen LogP contribution in [0.25, 0.3) is 22.3 Å². The van der Waals surface area contributed by atoms with Crippen LogP contribution >= 0.6 is 0 Å². The number of fused-ring (bicyclic) bond motifs is 4. The van der Waals surface area contributed by atoms with E-state index in [9.17, 15) is 33.6 Å². The Bertz CT molecular complexity index is 3710. The molecule has 89 heavy (non-hydrogen) atoms. The monoisotopic (exact) mass is 1210 g/mol. The second-order valence-electron chi connectivity index (χ2n) is 26.9. The molecule has 2 aromatic heterocycles. The Morgan fingerprint density at radius 1 is 0.809 bits per heavy atom. The number of hydrogen-bond donors (Lipinski definition) is 5. The normalized spacial score (nSPS) is 22.6. The second kappa shape index (κ2) is 23.7. The van der Waals surface area contributed by atoms with E-state index in [1.807, 2.05) is 49.3 Å². The summed E-state index contributed by atoms with van der Waals surface area (Å²) in [7, 11) is 0. The van der Waals surface area contributed by atoms with E-state index in [1.165, 1.54) is 31.4 Å². The van der Waals surface area contributed by atoms with Gasteiger partial charge in [0.1, 0.15) is 17.4 Å². The summed E-state index contributed by atoms with van der Waals surface area (Å²) >= 11 is 0. The molecular formula is C67H80FN13O8. The van der Waals surface area contributed by atoms with Crippen LogP contribution in [0.1, 0.15) is 159 Å². The Morgan fingerprint density at radius 2 is 1.56 bits per heavy atom. The first kappa shape index (κ1) is 59.8. The van der Waals surface area contributed by atoms with Gasteiger partial charge in [0.15, 0.2) is 5.82 Å². The van der Waals surface area contributed by atoms with Gasteiger partial charge in [0.05, 0.1) is 46.3 Å². The van der Waals surface area contributed by atoms with E-state index in [-0.39, 0.29) is 82.7 Å². The van der Waals surface area contributed by atoms with Crippen molar-refractivity contribution in [2.75, 3.05) is 74.4 Å². The van der Waals surface area contributed by atoms with Gasteiger partial charge in [0, 0.05) is 85.2 Å². The van der Waals surface area contributed by atoms with Crippen LogP contribution in [-0.4, -0.2) is 164 Å². The first-order valence-electron chi connectivity index (χ1n) is 32.1. The summed E-state index contributed by atoms with van der Waals surface area (Å²) in [6, 6.07) is 15.2. The summed E-state index contributed by atoms with van der Waals surface area (Å²) in [6.45, 7) is 15.1. The van der Waals surface area contributed by atoms with Crippen molar-refractivity contribution in [2.45, 2.75) is 154 Å². The number of imide groups is 2. The second-order valence-corrected chi connectivity index (χ2v) is 26.9. The van der Waals surface area contributed by atoms with Crippen molar-refractivity contribution in [3.63, 3.8) is 0 Å². The molecule has 0 radical (unpaired) electrons. The van der Waals surface area contributed by atoms with E-state index in [1.54, 1.807) is 31.5 Å². The first-order valence-corrected chi connectivity index (χ1v) is 32.1. The number of halogens is 1. The third-order valence-electron chi connectivity index (χ3n) is 20.6. The Kier molecular flexibility index (Phi) is 15.9. The molecule has 21 nitrogen and oxygen atoms in total. The summed E-state index contributed by atoms with van der Waals surface area (Å²) in [6.07, 6.45) is 11.7. The minimum atomic E-state index is -1.06. The molecule has 8 amide bonds. The quantitative estimate of drug-likeness (QED) is 0.0479. The number of nitrogens with zero attached hydrogens (tertiary/aromatic N) is 8. The molecular weight excluding hydrogens is 1130 g/mol. The number of piperidine rings is 4. The molecule has 4 saturated heterocycles. The highest BCUT2D eigenvalue weighted by atomic mass is 19.1. The Labute approximate surface area is 517 Å². The van der Waals surface area contributed by atoms with Crippen molar-refractivity contribution in [2.24, 2.45) is 11.3 Å². The zero-order valence-corrected chi connectivity index (χ0v) is 51.5. The molecule has 2 aliphatic carbocycles. The maximum absolute atomic E-state index is 16.0. The van der Waals surface area contributed by atoms with E-state index in [0.717, 1.165) is 86.4 Å². The number of aromatic nitrogens is 3. The lowest BCUT2D eigenvalue weighted by atomic mass is 9.57. The van der Waals surface area contributed by atoms with Gasteiger partial charge in [-0.1, -0.05) is 24.6 Å². The van der Waals surface area contributed by atoms with Gasteiger partial charge in [-0.25, -0.2) is 14.4 Å². The summed E-state index contributed by atoms with van der Waals surface area (Å²) in [5, 5.41) is 14.7. The van der Waals surface area contributed by atoms with E-state index >= 15 is 9.18 Å². The van der Waals surface area contributed by atoms with E-state index < -0.39 is 40.9 Å². The average Bonchev–Trinajstić information content (AvgIpc) is 1.45. The van der Waals surface area contributed by atoms with Crippen LogP contribution in [0.5, 0.6) is 0 Å². The Morgan fingerprint density at radius 3 is 2.28 bits per heavy atom. The third kappa shape index (κ3) is 11.0. The fraction of sp³-hybridized carbons (Fsp3) is 0.522. The predicted octanol–water partition coefficient (Wildman–Crippen LogP) is 7.35. The van der Waals surface area contributed by atoms with Crippen LogP contribution in [0.4, 0.5) is 27.3 Å². The molecule has 5 N–H and O–H groups in total. The number of hydrogen-bond acceptors (Lipinski definition) is 14. The number of nitrogens with one attached hydrogen (secondary N) is 5. The molecule has 8 heterocycles. The zero-order valence-electron chi connectivity index (χ0n) is 51.5. The van der Waals surface area contributed by atoms with Gasteiger partial charge >= 0.3 is 0 Å². The van der Waals surface area contributed by atoms with Crippen LogP contribution in [0.3, 0.4) is 0 Å². The number of benzene rings is 3. The van der Waals surface area contributed by atoms with Crippen molar-refractivity contribution in [1.29, 1.82) is 0 Å². The lowest BCUT2D eigenvalue weighted by Gasteiger charge is -2.51. The predicted molar refractivity (Wildman–Crippen MR) is 333 cm³/mol. The van der Waals surface area contributed by atoms with Gasteiger partial charge in [-0.2, -0.15) is 0 Å². The zero-order chi connectivity index (χ0) is 62.2. The number of aryl methyl sites for hydroxylation is 1. The highest BCUT2D eigenvalue weighted by molar-refractivity contribution is 6.25. The van der Waals surface area contributed by atoms with Gasteiger partial charge in [-0.05, 0) is 184 Å². The minimum Gasteiger partial charge on any atom is -0.383 e. The highest BCUT2D eigenvalue weighted by Crippen LogP contribution is 2.54. The lowest BCUT2D eigenvalue weighted by molar-refractivity contribution is -0.139. The third-order valence-corrected chi connectivity index (χ3v) is 20.6. The number of imidazole rings is 1. The topological polar surface area (TPSA) is 244 Å². The highest BCUT2D eigenvalue weighted by Gasteiger charge is 2.56. The van der Waals surface area contributed by atoms with E-state index in [4.69, 9.17) is 9.97 Å². The summed E-state index contributed by atoms with van der Waals surface area (Å²) in [5.74, 6) is -2.70. The minimum absolute atomic E-state index is 0.00592. The Hall–Kier alpha value is -8.11. The van der Waals surface area contributed by atoms with Crippen LogP contribution in [0.15, 0.2) is 60.9 Å². The molecule has 6 fully saturated rings. The van der Waals surface area contributed by atoms with Crippen molar-refractivity contribution < 1.29 is 42.7 Å². The van der Waals surface area contributed by atoms with Gasteiger partial charge in [0.25, 0.3) is 17.7 Å². The maximum Gasteiger partial charge on any atom is 0.264 e. The molecule has 22 heteroatoms. The van der Waals surface area contributed by atoms with Gasteiger partial charge < -0.3 is 40.5 Å². The molecule has 1 unspecified atom stereocenters. The lowest BCUT2D eigenvalue weighted by Crippen LogP contribution is -2.58. The molecule has 1 atom stereocenters. The fourth-order valence-corrected chi connectivity index (χ4v) is 15.5. The first-order chi connectivity index (χ1) is 42.8. The largest absolute Gasteiger partial charge is 0.383 e. The standard InChI is InChI=1S/C67H80FN13O8/c1-38(2)72-61(85)46-32-51(48(68)28-40(46)5)74-59-58-52(71-37-79(58)39(3)4)33-50(73-59)41-12-13-47-54(29-41)80(44-30-43(31-44)77-22-7-6-8-23-77)65(89)67(47)18-26-78(27-19-67)56(83)36-76-24-16-66(17-25-76)34-42(35-66)60(84)70-21-20-69-49-11-9-10-45-57(49)64(88)81(63(45)87)53-14-15-55(82)75-62(53)86/h9-13,28-29,32-33,37-39,42-44,53,69H,6-8,14-27,30-31,34-36H2,1-5H3,(H,70,84)(H,72,85)(H,73,74)(H,75,82,86)/t43-,44+,53?. The number of pyridine rings is 1. The molecule has 8 aliphatic rings. The van der Waals surface area contributed by atoms with Crippen molar-refractivity contribution >= 4 is 81.2 Å². The number of anilines is 4. The molecule has 13 rings (SSSR count). The molecule has 468 valence electrons.